The number of nitrogens with two attached hydrogens (primary N) is 1. The van der Waals surface area contributed by atoms with Crippen LogP contribution < -0.4 is 11.1 Å². The van der Waals surface area contributed by atoms with Crippen LogP contribution in [0.15, 0.2) is 17.6 Å². The molecule has 134 valence electrons. The van der Waals surface area contributed by atoms with Crippen molar-refractivity contribution >= 4 is 33.2 Å². The van der Waals surface area contributed by atoms with Crippen LogP contribution in [0.1, 0.15) is 35.8 Å². The molecule has 0 unspecified atom stereocenters. The number of piperidine rings is 3. The molecule has 3 N–H and O–H groups in total. The summed E-state index contributed by atoms with van der Waals surface area (Å²) in [5, 5.41) is 5.86. The predicted octanol–water partition coefficient (Wildman–Crippen LogP) is 1.35. The zero-order valence-corrected chi connectivity index (χ0v) is 15.3. The van der Waals surface area contributed by atoms with Gasteiger partial charge in [0.25, 0.3) is 11.8 Å². The lowest BCUT2D eigenvalue weighted by molar-refractivity contribution is -0.112. The Balaban J connectivity index is 1.58. The molecular weight excluding hydrogens is 348 g/mol. The highest BCUT2D eigenvalue weighted by atomic mass is 32.1. The lowest BCUT2D eigenvalue weighted by Crippen LogP contribution is -2.62. The van der Waals surface area contributed by atoms with Gasteiger partial charge in [0, 0.05) is 40.5 Å². The molecule has 0 aliphatic carbocycles. The van der Waals surface area contributed by atoms with Gasteiger partial charge in [0.05, 0.1) is 4.70 Å². The van der Waals surface area contributed by atoms with Crippen LogP contribution in [0.25, 0.3) is 10.1 Å². The van der Waals surface area contributed by atoms with E-state index in [1.807, 2.05) is 5.38 Å². The maximum absolute atomic E-state index is 12.8. The molecule has 26 heavy (non-hydrogen) atoms. The molecule has 3 fully saturated rings. The van der Waals surface area contributed by atoms with Crippen molar-refractivity contribution in [3.63, 3.8) is 0 Å². The van der Waals surface area contributed by atoms with E-state index in [9.17, 15) is 9.59 Å². The molecule has 2 atom stereocenters. The van der Waals surface area contributed by atoms with Crippen molar-refractivity contribution in [2.45, 2.75) is 31.8 Å². The highest BCUT2D eigenvalue weighted by Crippen LogP contribution is 2.32. The number of carbonyl (C=O) groups is 2. The van der Waals surface area contributed by atoms with E-state index in [-0.39, 0.29) is 11.9 Å². The number of pyridine rings is 1. The molecule has 3 aliphatic heterocycles. The Morgan fingerprint density at radius 1 is 1.38 bits per heavy atom. The van der Waals surface area contributed by atoms with Gasteiger partial charge in [0.15, 0.2) is 0 Å². The van der Waals surface area contributed by atoms with Crippen molar-refractivity contribution < 1.29 is 9.59 Å². The molecule has 7 heteroatoms. The lowest BCUT2D eigenvalue weighted by atomic mass is 9.79. The average molecular weight is 368 g/mol. The van der Waals surface area contributed by atoms with Crippen LogP contribution in [-0.4, -0.2) is 46.9 Å². The second kappa shape index (κ2) is 6.71. The van der Waals surface area contributed by atoms with Gasteiger partial charge in [-0.3, -0.25) is 14.5 Å². The van der Waals surface area contributed by atoms with Gasteiger partial charge in [-0.1, -0.05) is 5.92 Å². The van der Waals surface area contributed by atoms with Gasteiger partial charge < -0.3 is 11.1 Å². The number of carbonyl (C=O) groups excluding carboxylic acids is 2. The molecule has 0 spiro atoms. The number of primary amides is 1. The largest absolute Gasteiger partial charge is 0.359 e. The highest BCUT2D eigenvalue weighted by Gasteiger charge is 2.40. The summed E-state index contributed by atoms with van der Waals surface area (Å²) in [7, 11) is 0. The zero-order chi connectivity index (χ0) is 18.3. The normalized spacial score (nSPS) is 27.0. The number of hydrogen-bond acceptors (Lipinski definition) is 5. The summed E-state index contributed by atoms with van der Waals surface area (Å²) in [6.45, 7) is 4.43. The van der Waals surface area contributed by atoms with Crippen LogP contribution in [0.3, 0.4) is 0 Å². The van der Waals surface area contributed by atoms with Gasteiger partial charge in [-0.15, -0.1) is 11.3 Å². The average Bonchev–Trinajstić information content (AvgIpc) is 3.05. The van der Waals surface area contributed by atoms with Crippen LogP contribution in [0.2, 0.25) is 0 Å². The number of thiophene rings is 1. The maximum atomic E-state index is 12.8. The summed E-state index contributed by atoms with van der Waals surface area (Å²) in [6, 6.07) is 2.27. The quantitative estimate of drug-likeness (QED) is 0.783. The van der Waals surface area contributed by atoms with E-state index in [0.717, 1.165) is 36.0 Å². The van der Waals surface area contributed by atoms with Gasteiger partial charge in [-0.25, -0.2) is 4.98 Å². The summed E-state index contributed by atoms with van der Waals surface area (Å²) in [5.74, 6) is 4.82. The van der Waals surface area contributed by atoms with Gasteiger partial charge in [0.2, 0.25) is 0 Å². The fourth-order valence-electron chi connectivity index (χ4n) is 4.05. The SMILES string of the molecule is C[C@H]1[C@H](NC(=O)c2cc3c(C#CC(N)=O)csc3cn2)C2CCN1CC2. The first-order valence-corrected chi connectivity index (χ1v) is 9.64. The molecule has 3 saturated heterocycles. The molecule has 0 saturated carbocycles. The Kier molecular flexibility index (Phi) is 4.39. The van der Waals surface area contributed by atoms with E-state index < -0.39 is 5.91 Å². The highest BCUT2D eigenvalue weighted by molar-refractivity contribution is 7.17. The van der Waals surface area contributed by atoms with Crippen molar-refractivity contribution in [3.8, 4) is 11.8 Å². The molecule has 2 aromatic heterocycles. The van der Waals surface area contributed by atoms with Crippen molar-refractivity contribution in [3.05, 3.63) is 28.9 Å². The van der Waals surface area contributed by atoms with E-state index in [2.05, 4.69) is 34.0 Å². The molecule has 6 nitrogen and oxygen atoms in total. The van der Waals surface area contributed by atoms with Gasteiger partial charge in [0.1, 0.15) is 5.69 Å². The third kappa shape index (κ3) is 3.06. The van der Waals surface area contributed by atoms with E-state index >= 15 is 0 Å². The Morgan fingerprint density at radius 2 is 2.15 bits per heavy atom. The van der Waals surface area contributed by atoms with Crippen LogP contribution >= 0.6 is 11.3 Å². The standard InChI is InChI=1S/C19H20N4O2S/c1-11-18(12-4-6-23(11)7-5-12)22-19(25)15-8-14-13(2-3-17(20)24)10-26-16(14)9-21-15/h8-12,18H,4-7H2,1H3,(H2,20,24)(H,22,25)/t11-,18-/m0/s1. The van der Waals surface area contributed by atoms with Gasteiger partial charge in [-0.2, -0.15) is 0 Å². The number of fused-ring (bicyclic) bond motifs is 4. The molecule has 3 aliphatic rings. The second-order valence-corrected chi connectivity index (χ2v) is 7.85. The van der Waals surface area contributed by atoms with Gasteiger partial charge >= 0.3 is 0 Å². The van der Waals surface area contributed by atoms with Crippen LogP contribution in [-0.2, 0) is 4.79 Å². The monoisotopic (exact) mass is 368 g/mol. The third-order valence-electron chi connectivity index (χ3n) is 5.49. The fourth-order valence-corrected chi connectivity index (χ4v) is 4.89. The fraction of sp³-hybridized carbons (Fsp3) is 0.421. The van der Waals surface area contributed by atoms with E-state index in [0.29, 0.717) is 23.2 Å². The second-order valence-electron chi connectivity index (χ2n) is 6.94. The molecule has 5 heterocycles. The topological polar surface area (TPSA) is 88.3 Å². The minimum Gasteiger partial charge on any atom is -0.359 e. The molecule has 0 aromatic carbocycles. The predicted molar refractivity (Wildman–Crippen MR) is 101 cm³/mol. The van der Waals surface area contributed by atoms with Gasteiger partial charge in [-0.05, 0) is 44.8 Å². The molecule has 2 aromatic rings. The van der Waals surface area contributed by atoms with Crippen molar-refractivity contribution in [1.29, 1.82) is 0 Å². The molecule has 2 amide bonds. The number of aromatic nitrogens is 1. The first kappa shape index (κ1) is 17.0. The van der Waals surface area contributed by atoms with Crippen molar-refractivity contribution in [1.82, 2.24) is 15.2 Å². The first-order valence-electron chi connectivity index (χ1n) is 8.76. The minimum absolute atomic E-state index is 0.155. The Morgan fingerprint density at radius 3 is 2.85 bits per heavy atom. The number of hydrogen-bond donors (Lipinski definition) is 2. The molecule has 2 bridgehead atoms. The van der Waals surface area contributed by atoms with Crippen molar-refractivity contribution in [2.24, 2.45) is 11.7 Å². The Labute approximate surface area is 155 Å². The Bertz CT molecular complexity index is 932. The van der Waals surface area contributed by atoms with Crippen LogP contribution in [0.4, 0.5) is 0 Å². The minimum atomic E-state index is -0.673. The van der Waals surface area contributed by atoms with Crippen molar-refractivity contribution in [2.75, 3.05) is 13.1 Å². The van der Waals surface area contributed by atoms with Crippen LogP contribution in [0.5, 0.6) is 0 Å². The summed E-state index contributed by atoms with van der Waals surface area (Å²) in [5.41, 5.74) is 6.16. The third-order valence-corrected chi connectivity index (χ3v) is 6.42. The number of rotatable bonds is 2. The number of amides is 2. The summed E-state index contributed by atoms with van der Waals surface area (Å²) < 4.78 is 0.923. The number of nitrogens with zero attached hydrogens (tertiary/aromatic N) is 2. The summed E-state index contributed by atoms with van der Waals surface area (Å²) in [6.07, 6.45) is 3.96. The molecular formula is C19H20N4O2S. The molecule has 5 rings (SSSR count). The summed E-state index contributed by atoms with van der Waals surface area (Å²) in [4.78, 5) is 30.4. The number of nitrogens with one attached hydrogen (secondary N) is 1. The van der Waals surface area contributed by atoms with Crippen LogP contribution in [0, 0.1) is 17.8 Å². The smallest absolute Gasteiger partial charge is 0.293 e. The van der Waals surface area contributed by atoms with E-state index in [4.69, 9.17) is 5.73 Å². The zero-order valence-electron chi connectivity index (χ0n) is 14.5. The maximum Gasteiger partial charge on any atom is 0.293 e. The lowest BCUT2D eigenvalue weighted by Gasteiger charge is -2.49. The first-order chi connectivity index (χ1) is 12.5. The molecule has 0 radical (unpaired) electrons. The Hall–Kier alpha value is -2.43. The summed E-state index contributed by atoms with van der Waals surface area (Å²) >= 11 is 1.48. The van der Waals surface area contributed by atoms with E-state index in [1.165, 1.54) is 11.3 Å². The van der Waals surface area contributed by atoms with E-state index in [1.54, 1.807) is 12.3 Å².